The van der Waals surface area contributed by atoms with E-state index in [0.29, 0.717) is 102 Å². The van der Waals surface area contributed by atoms with E-state index in [0.717, 1.165) is 24.7 Å². The van der Waals surface area contributed by atoms with E-state index in [9.17, 15) is 18.0 Å². The molecule has 17 heteroatoms. The number of fused-ring (bicyclic) bond motifs is 1. The van der Waals surface area contributed by atoms with Gasteiger partial charge in [0.15, 0.2) is 0 Å². The molecule has 0 aliphatic carbocycles. The third-order valence-corrected chi connectivity index (χ3v) is 8.98. The van der Waals surface area contributed by atoms with Crippen LogP contribution in [-0.2, 0) is 31.7 Å². The molecule has 0 atom stereocenters. The Kier molecular flexibility index (Phi) is 16.5. The van der Waals surface area contributed by atoms with Crippen LogP contribution in [0, 0.1) is 18.8 Å². The fourth-order valence-corrected chi connectivity index (χ4v) is 5.81. The topological polar surface area (TPSA) is 148 Å². The van der Waals surface area contributed by atoms with Crippen LogP contribution in [0.25, 0.3) is 16.1 Å². The fraction of sp³-hybridized carbons (Fsp3) is 0.450. The highest BCUT2D eigenvalue weighted by Crippen LogP contribution is 2.35. The normalized spacial score (nSPS) is 13.6. The SMILES string of the molecule is Cc1ccc(C(=O)Nc2ccc(CN3CCN(C)CC3)c(C(F)(F)F)c2)cc1C#Cc1cnc2cc(OCCOCCOCCOCCOCCN=[N+]=[N-])ccn12. The first-order valence-corrected chi connectivity index (χ1v) is 18.6. The average molecular weight is 793 g/mol. The van der Waals surface area contributed by atoms with Crippen molar-refractivity contribution in [1.29, 1.82) is 0 Å². The highest BCUT2D eigenvalue weighted by atomic mass is 19.4. The Labute approximate surface area is 329 Å². The summed E-state index contributed by atoms with van der Waals surface area (Å²) in [5, 5.41) is 6.01. The summed E-state index contributed by atoms with van der Waals surface area (Å²) in [7, 11) is 1.99. The Morgan fingerprint density at radius 1 is 0.895 bits per heavy atom. The molecule has 1 N–H and O–H groups in total. The number of hydrogen-bond donors (Lipinski definition) is 1. The van der Waals surface area contributed by atoms with Crippen LogP contribution in [0.2, 0.25) is 0 Å². The van der Waals surface area contributed by atoms with Crippen LogP contribution >= 0.6 is 0 Å². The highest BCUT2D eigenvalue weighted by Gasteiger charge is 2.34. The van der Waals surface area contributed by atoms with Crippen molar-refractivity contribution in [3.8, 4) is 17.6 Å². The third-order valence-electron chi connectivity index (χ3n) is 8.98. The summed E-state index contributed by atoms with van der Waals surface area (Å²) in [6, 6.07) is 12.5. The van der Waals surface area contributed by atoms with Crippen molar-refractivity contribution >= 4 is 17.2 Å². The molecule has 5 rings (SSSR count). The van der Waals surface area contributed by atoms with Crippen LogP contribution in [0.15, 0.2) is 66.0 Å². The number of imidazole rings is 1. The van der Waals surface area contributed by atoms with Gasteiger partial charge in [-0.25, -0.2) is 4.98 Å². The zero-order valence-electron chi connectivity index (χ0n) is 32.1. The van der Waals surface area contributed by atoms with E-state index in [1.807, 2.05) is 23.3 Å². The second-order valence-corrected chi connectivity index (χ2v) is 13.2. The van der Waals surface area contributed by atoms with Crippen LogP contribution in [0.4, 0.5) is 18.9 Å². The number of piperazine rings is 1. The van der Waals surface area contributed by atoms with E-state index < -0.39 is 17.6 Å². The largest absolute Gasteiger partial charge is 0.491 e. The quantitative estimate of drug-likeness (QED) is 0.0385. The molecule has 0 radical (unpaired) electrons. The number of benzene rings is 2. The zero-order valence-corrected chi connectivity index (χ0v) is 32.1. The molecular formula is C40H47F3N8O6. The van der Waals surface area contributed by atoms with Crippen LogP contribution in [-0.4, -0.2) is 124 Å². The number of nitrogens with one attached hydrogen (secondary N) is 1. The minimum Gasteiger partial charge on any atom is -0.491 e. The number of pyridine rings is 1. The smallest absolute Gasteiger partial charge is 0.416 e. The number of alkyl halides is 3. The highest BCUT2D eigenvalue weighted by molar-refractivity contribution is 6.04. The number of nitrogens with zero attached hydrogens (tertiary/aromatic N) is 7. The number of hydrogen-bond acceptors (Lipinski definition) is 10. The first-order valence-electron chi connectivity index (χ1n) is 18.6. The molecule has 1 fully saturated rings. The summed E-state index contributed by atoms with van der Waals surface area (Å²) < 4.78 is 71.6. The van der Waals surface area contributed by atoms with Gasteiger partial charge in [0.05, 0.1) is 64.6 Å². The molecule has 14 nitrogen and oxygen atoms in total. The number of azide groups is 1. The number of aromatic nitrogens is 2. The van der Waals surface area contributed by atoms with Gasteiger partial charge in [0.2, 0.25) is 0 Å². The predicted molar refractivity (Wildman–Crippen MR) is 207 cm³/mol. The molecule has 2 aromatic carbocycles. The lowest BCUT2D eigenvalue weighted by atomic mass is 10.0. The molecule has 1 saturated heterocycles. The number of aryl methyl sites for hydroxylation is 1. The van der Waals surface area contributed by atoms with Crippen LogP contribution in [0.3, 0.4) is 0 Å². The Morgan fingerprint density at radius 2 is 1.58 bits per heavy atom. The van der Waals surface area contributed by atoms with Crippen molar-refractivity contribution in [2.75, 3.05) is 105 Å². The molecule has 1 aliphatic rings. The summed E-state index contributed by atoms with van der Waals surface area (Å²) in [5.41, 5.74) is 10.6. The maximum Gasteiger partial charge on any atom is 0.416 e. The van der Waals surface area contributed by atoms with Crippen molar-refractivity contribution in [1.82, 2.24) is 19.2 Å². The second-order valence-electron chi connectivity index (χ2n) is 13.2. The summed E-state index contributed by atoms with van der Waals surface area (Å²) in [5.74, 6) is 6.31. The first kappa shape index (κ1) is 43.0. The molecule has 57 heavy (non-hydrogen) atoms. The minimum atomic E-state index is -4.57. The van der Waals surface area contributed by atoms with Crippen molar-refractivity contribution in [3.63, 3.8) is 0 Å². The monoisotopic (exact) mass is 792 g/mol. The van der Waals surface area contributed by atoms with E-state index in [1.165, 1.54) is 12.1 Å². The molecule has 1 amide bonds. The molecule has 0 unspecified atom stereocenters. The van der Waals surface area contributed by atoms with E-state index >= 15 is 0 Å². The van der Waals surface area contributed by atoms with Crippen LogP contribution in [0.5, 0.6) is 5.75 Å². The summed E-state index contributed by atoms with van der Waals surface area (Å²) in [6.45, 7) is 8.95. The van der Waals surface area contributed by atoms with Crippen molar-refractivity contribution in [2.24, 2.45) is 5.11 Å². The van der Waals surface area contributed by atoms with Crippen molar-refractivity contribution < 1.29 is 41.7 Å². The number of rotatable bonds is 20. The van der Waals surface area contributed by atoms with Crippen molar-refractivity contribution in [3.05, 3.63) is 105 Å². The van der Waals surface area contributed by atoms with E-state index in [1.54, 1.807) is 42.7 Å². The van der Waals surface area contributed by atoms with E-state index in [4.69, 9.17) is 29.2 Å². The van der Waals surface area contributed by atoms with Gasteiger partial charge in [0.1, 0.15) is 23.7 Å². The second kappa shape index (κ2) is 21.9. The number of carbonyl (C=O) groups is 1. The summed E-state index contributed by atoms with van der Waals surface area (Å²) in [4.78, 5) is 24.5. The number of halogens is 3. The Hall–Kier alpha value is -5.18. The van der Waals surface area contributed by atoms with Gasteiger partial charge < -0.3 is 33.9 Å². The number of likely N-dealkylation sites (N-methyl/N-ethyl adjacent to an activating group) is 1. The Bertz CT molecular complexity index is 2030. The fourth-order valence-electron chi connectivity index (χ4n) is 5.81. The molecule has 0 bridgehead atoms. The number of anilines is 1. The van der Waals surface area contributed by atoms with Crippen LogP contribution < -0.4 is 10.1 Å². The maximum atomic E-state index is 14.1. The molecule has 0 spiro atoms. The maximum absolute atomic E-state index is 14.1. The molecule has 2 aromatic heterocycles. The third kappa shape index (κ3) is 13.8. The van der Waals surface area contributed by atoms with Gasteiger partial charge in [-0.1, -0.05) is 23.2 Å². The van der Waals surface area contributed by atoms with Crippen molar-refractivity contribution in [2.45, 2.75) is 19.6 Å². The zero-order chi connectivity index (χ0) is 40.5. The summed E-state index contributed by atoms with van der Waals surface area (Å²) >= 11 is 0. The lowest BCUT2D eigenvalue weighted by Gasteiger charge is -2.33. The predicted octanol–water partition coefficient (Wildman–Crippen LogP) is 5.82. The lowest BCUT2D eigenvalue weighted by molar-refractivity contribution is -0.138. The van der Waals surface area contributed by atoms with E-state index in [2.05, 4.69) is 37.1 Å². The molecule has 0 saturated carbocycles. The Balaban J connectivity index is 1.07. The van der Waals surface area contributed by atoms with Gasteiger partial charge in [-0.2, -0.15) is 13.2 Å². The summed E-state index contributed by atoms with van der Waals surface area (Å²) in [6.07, 6.45) is -1.13. The standard InChI is InChI=1S/C40H47F3N8O6/c1-30-3-4-32(39(52)47-34-7-5-33(37(26-34)40(41,42)43)29-50-14-12-49(2)13-15-50)25-31(30)6-8-35-28-45-38-27-36(9-11-51(35)38)57-24-23-56-22-21-55-20-19-54-18-17-53-16-10-46-48-44/h3-5,7,9,11,25-28H,10,12-24,29H2,1-2H3,(H,47,52). The molecule has 304 valence electrons. The Morgan fingerprint density at radius 3 is 2.26 bits per heavy atom. The molecule has 1 aliphatic heterocycles. The van der Waals surface area contributed by atoms with E-state index in [-0.39, 0.29) is 23.4 Å². The minimum absolute atomic E-state index is 0.0631. The average Bonchev–Trinajstić information content (AvgIpc) is 3.60. The first-order chi connectivity index (χ1) is 27.6. The van der Waals surface area contributed by atoms with Gasteiger partial charge in [0, 0.05) is 73.3 Å². The number of carbonyl (C=O) groups excluding carboxylic acids is 1. The van der Waals surface area contributed by atoms with Gasteiger partial charge >= 0.3 is 6.18 Å². The van der Waals surface area contributed by atoms with Crippen LogP contribution in [0.1, 0.15) is 38.3 Å². The van der Waals surface area contributed by atoms with Gasteiger partial charge in [0.25, 0.3) is 5.91 Å². The van der Waals surface area contributed by atoms with Gasteiger partial charge in [-0.05, 0) is 66.9 Å². The molecule has 3 heterocycles. The lowest BCUT2D eigenvalue weighted by Crippen LogP contribution is -2.44. The number of amides is 1. The number of ether oxygens (including phenoxy) is 5. The van der Waals surface area contributed by atoms with Gasteiger partial charge in [-0.15, -0.1) is 0 Å². The van der Waals surface area contributed by atoms with Gasteiger partial charge in [-0.3, -0.25) is 14.1 Å². The molecular weight excluding hydrogens is 745 g/mol. The molecule has 4 aromatic rings.